The van der Waals surface area contributed by atoms with Crippen molar-refractivity contribution in [3.8, 4) is 11.8 Å². The average Bonchev–Trinajstić information content (AvgIpc) is 2.36. The molecule has 0 spiro atoms. The number of benzene rings is 1. The SMILES string of the molecule is Cc1cc(C(=O)NC(C)CC(N)=O)ccc1C#CCN. The number of nitrogens with one attached hydrogen (secondary N) is 1. The van der Waals surface area contributed by atoms with Crippen LogP contribution < -0.4 is 16.8 Å². The minimum atomic E-state index is -0.443. The molecule has 1 aromatic rings. The fraction of sp³-hybridized carbons (Fsp3) is 0.333. The van der Waals surface area contributed by atoms with Crippen LogP contribution in [-0.2, 0) is 4.79 Å². The fourth-order valence-corrected chi connectivity index (χ4v) is 1.75. The van der Waals surface area contributed by atoms with Crippen molar-refractivity contribution in [3.05, 3.63) is 34.9 Å². The molecular weight excluding hydrogens is 254 g/mol. The topological polar surface area (TPSA) is 98.2 Å². The monoisotopic (exact) mass is 273 g/mol. The van der Waals surface area contributed by atoms with Gasteiger partial charge in [-0.25, -0.2) is 0 Å². The summed E-state index contributed by atoms with van der Waals surface area (Å²) in [6.45, 7) is 3.91. The zero-order chi connectivity index (χ0) is 15.1. The molecule has 5 N–H and O–H groups in total. The number of aryl methyl sites for hydroxylation is 1. The zero-order valence-corrected chi connectivity index (χ0v) is 11.7. The highest BCUT2D eigenvalue weighted by molar-refractivity contribution is 5.95. The van der Waals surface area contributed by atoms with Crippen molar-refractivity contribution in [1.29, 1.82) is 0 Å². The van der Waals surface area contributed by atoms with Crippen LogP contribution in [0.1, 0.15) is 34.8 Å². The molecule has 1 unspecified atom stereocenters. The van der Waals surface area contributed by atoms with Gasteiger partial charge in [0.25, 0.3) is 5.91 Å². The zero-order valence-electron chi connectivity index (χ0n) is 11.7. The summed E-state index contributed by atoms with van der Waals surface area (Å²) >= 11 is 0. The normalized spacial score (nSPS) is 11.2. The molecule has 20 heavy (non-hydrogen) atoms. The molecule has 0 saturated carbocycles. The number of hydrogen-bond acceptors (Lipinski definition) is 3. The molecule has 0 bridgehead atoms. The van der Waals surface area contributed by atoms with Crippen molar-refractivity contribution < 1.29 is 9.59 Å². The van der Waals surface area contributed by atoms with Gasteiger partial charge in [0.15, 0.2) is 0 Å². The highest BCUT2D eigenvalue weighted by Crippen LogP contribution is 2.10. The van der Waals surface area contributed by atoms with Gasteiger partial charge in [0.1, 0.15) is 0 Å². The predicted octanol–water partition coefficient (Wildman–Crippen LogP) is 0.299. The maximum Gasteiger partial charge on any atom is 0.251 e. The molecular formula is C15H19N3O2. The van der Waals surface area contributed by atoms with Crippen LogP contribution in [0.3, 0.4) is 0 Å². The molecule has 0 aliphatic rings. The third kappa shape index (κ3) is 4.75. The van der Waals surface area contributed by atoms with Gasteiger partial charge in [-0.2, -0.15) is 0 Å². The van der Waals surface area contributed by atoms with Gasteiger partial charge < -0.3 is 16.8 Å². The molecule has 106 valence electrons. The van der Waals surface area contributed by atoms with Crippen LogP contribution in [0.25, 0.3) is 0 Å². The molecule has 0 saturated heterocycles. The lowest BCUT2D eigenvalue weighted by molar-refractivity contribution is -0.118. The summed E-state index contributed by atoms with van der Waals surface area (Å²) in [5, 5.41) is 2.72. The molecule has 0 aliphatic heterocycles. The number of hydrogen-bond donors (Lipinski definition) is 3. The lowest BCUT2D eigenvalue weighted by Gasteiger charge is -2.12. The maximum atomic E-state index is 12.0. The Balaban J connectivity index is 2.79. The Hall–Kier alpha value is -2.32. The van der Waals surface area contributed by atoms with E-state index in [2.05, 4.69) is 17.2 Å². The molecule has 0 fully saturated rings. The Morgan fingerprint density at radius 3 is 2.65 bits per heavy atom. The predicted molar refractivity (Wildman–Crippen MR) is 77.9 cm³/mol. The van der Waals surface area contributed by atoms with Gasteiger partial charge in [0.2, 0.25) is 5.91 Å². The van der Waals surface area contributed by atoms with Crippen LogP contribution in [0.5, 0.6) is 0 Å². The smallest absolute Gasteiger partial charge is 0.251 e. The second-order valence-corrected chi connectivity index (χ2v) is 4.58. The molecule has 0 aliphatic carbocycles. The van der Waals surface area contributed by atoms with E-state index in [1.807, 2.05) is 6.92 Å². The summed E-state index contributed by atoms with van der Waals surface area (Å²) < 4.78 is 0. The number of primary amides is 1. The highest BCUT2D eigenvalue weighted by Gasteiger charge is 2.12. The number of carbonyl (C=O) groups is 2. The van der Waals surface area contributed by atoms with Crippen LogP contribution in [0.15, 0.2) is 18.2 Å². The van der Waals surface area contributed by atoms with Crippen LogP contribution in [-0.4, -0.2) is 24.4 Å². The van der Waals surface area contributed by atoms with Crippen LogP contribution in [0, 0.1) is 18.8 Å². The first kappa shape index (κ1) is 15.7. The fourth-order valence-electron chi connectivity index (χ4n) is 1.75. The van der Waals surface area contributed by atoms with Crippen molar-refractivity contribution in [2.75, 3.05) is 6.54 Å². The van der Waals surface area contributed by atoms with Gasteiger partial charge in [-0.3, -0.25) is 9.59 Å². The van der Waals surface area contributed by atoms with Crippen LogP contribution >= 0.6 is 0 Å². The summed E-state index contributed by atoms with van der Waals surface area (Å²) in [4.78, 5) is 22.8. The number of amides is 2. The first-order valence-electron chi connectivity index (χ1n) is 6.32. The third-order valence-corrected chi connectivity index (χ3v) is 2.70. The Bertz CT molecular complexity index is 570. The standard InChI is InChI=1S/C15H19N3O2/c1-10-8-13(6-5-12(10)4-3-7-16)15(20)18-11(2)9-14(17)19/h5-6,8,11H,7,9,16H2,1-2H3,(H2,17,19)(H,18,20). The number of rotatable bonds is 4. The molecule has 0 heterocycles. The van der Waals surface area contributed by atoms with Gasteiger partial charge in [0, 0.05) is 23.6 Å². The van der Waals surface area contributed by atoms with E-state index in [0.29, 0.717) is 12.1 Å². The Morgan fingerprint density at radius 2 is 2.10 bits per heavy atom. The second-order valence-electron chi connectivity index (χ2n) is 4.58. The minimum Gasteiger partial charge on any atom is -0.370 e. The van der Waals surface area contributed by atoms with Crippen LogP contribution in [0.4, 0.5) is 0 Å². The molecule has 1 atom stereocenters. The number of nitrogens with two attached hydrogens (primary N) is 2. The maximum absolute atomic E-state index is 12.0. The molecule has 0 aromatic heterocycles. The minimum absolute atomic E-state index is 0.116. The Kier molecular flexibility index (Phi) is 5.75. The van der Waals surface area contributed by atoms with Crippen LogP contribution in [0.2, 0.25) is 0 Å². The summed E-state index contributed by atoms with van der Waals surface area (Å²) in [5.74, 6) is 5.03. The molecule has 2 amide bonds. The van der Waals surface area contributed by atoms with Gasteiger partial charge in [-0.05, 0) is 37.6 Å². The average molecular weight is 273 g/mol. The van der Waals surface area contributed by atoms with Gasteiger partial charge in [-0.1, -0.05) is 11.8 Å². The lowest BCUT2D eigenvalue weighted by Crippen LogP contribution is -2.35. The summed E-state index contributed by atoms with van der Waals surface area (Å²) in [5.41, 5.74) is 12.7. The Morgan fingerprint density at radius 1 is 1.40 bits per heavy atom. The number of carbonyl (C=O) groups excluding carboxylic acids is 2. The first-order valence-corrected chi connectivity index (χ1v) is 6.32. The largest absolute Gasteiger partial charge is 0.370 e. The second kappa shape index (κ2) is 7.31. The molecule has 1 rings (SSSR count). The van der Waals surface area contributed by atoms with E-state index in [-0.39, 0.29) is 18.4 Å². The molecule has 5 nitrogen and oxygen atoms in total. The van der Waals surface area contributed by atoms with Gasteiger partial charge in [-0.15, -0.1) is 0 Å². The first-order chi connectivity index (χ1) is 9.43. The molecule has 1 aromatic carbocycles. The highest BCUT2D eigenvalue weighted by atomic mass is 16.2. The van der Waals surface area contributed by atoms with E-state index in [1.54, 1.807) is 25.1 Å². The summed E-state index contributed by atoms with van der Waals surface area (Å²) in [6.07, 6.45) is 0.116. The quantitative estimate of drug-likeness (QED) is 0.688. The van der Waals surface area contributed by atoms with E-state index in [4.69, 9.17) is 11.5 Å². The van der Waals surface area contributed by atoms with Crippen molar-refractivity contribution in [2.45, 2.75) is 26.3 Å². The summed E-state index contributed by atoms with van der Waals surface area (Å²) in [6, 6.07) is 4.94. The molecule has 5 heteroatoms. The van der Waals surface area contributed by atoms with E-state index < -0.39 is 5.91 Å². The molecule has 0 radical (unpaired) electrons. The Labute approximate surface area is 118 Å². The van der Waals surface area contributed by atoms with E-state index in [9.17, 15) is 9.59 Å². The van der Waals surface area contributed by atoms with Gasteiger partial charge >= 0.3 is 0 Å². The van der Waals surface area contributed by atoms with Gasteiger partial charge in [0.05, 0.1) is 6.54 Å². The van der Waals surface area contributed by atoms with Crippen molar-refractivity contribution >= 4 is 11.8 Å². The van der Waals surface area contributed by atoms with Crippen molar-refractivity contribution in [3.63, 3.8) is 0 Å². The van der Waals surface area contributed by atoms with E-state index in [0.717, 1.165) is 11.1 Å². The van der Waals surface area contributed by atoms with E-state index >= 15 is 0 Å². The van der Waals surface area contributed by atoms with Crippen molar-refractivity contribution in [2.24, 2.45) is 11.5 Å². The third-order valence-electron chi connectivity index (χ3n) is 2.70. The summed E-state index contributed by atoms with van der Waals surface area (Å²) in [7, 11) is 0. The van der Waals surface area contributed by atoms with E-state index in [1.165, 1.54) is 0 Å². The lowest BCUT2D eigenvalue weighted by atomic mass is 10.0. The van der Waals surface area contributed by atoms with Crippen molar-refractivity contribution in [1.82, 2.24) is 5.32 Å².